The molecule has 1 saturated heterocycles. The van der Waals surface area contributed by atoms with Crippen molar-refractivity contribution in [3.8, 4) is 0 Å². The molecule has 2 atom stereocenters. The Morgan fingerprint density at radius 1 is 1.40 bits per heavy atom. The van der Waals surface area contributed by atoms with Crippen LogP contribution < -0.4 is 0 Å². The minimum absolute atomic E-state index is 0.280. The minimum atomic E-state index is 0.280. The molecule has 3 nitrogen and oxygen atoms in total. The van der Waals surface area contributed by atoms with Crippen LogP contribution in [0.5, 0.6) is 0 Å². The lowest BCUT2D eigenvalue weighted by Crippen LogP contribution is -2.46. The number of carbonyl (C=O) groups excluding carboxylic acids is 1. The van der Waals surface area contributed by atoms with E-state index in [-0.39, 0.29) is 5.91 Å². The first-order chi connectivity index (χ1) is 9.61. The lowest BCUT2D eigenvalue weighted by Gasteiger charge is -2.41. The van der Waals surface area contributed by atoms with Gasteiger partial charge in [0.25, 0.3) is 0 Å². The highest BCUT2D eigenvalue weighted by Gasteiger charge is 2.32. The molecular weight excluding hydrogens is 268 g/mol. The number of piperidine rings is 1. The normalized spacial score (nSPS) is 26.1. The van der Waals surface area contributed by atoms with Gasteiger partial charge in [-0.05, 0) is 31.1 Å². The largest absolute Gasteiger partial charge is 0.342 e. The molecule has 20 heavy (non-hydrogen) atoms. The Labute approximate surface area is 125 Å². The number of amides is 1. The zero-order chi connectivity index (χ0) is 14.1. The van der Waals surface area contributed by atoms with Gasteiger partial charge in [-0.15, -0.1) is 11.3 Å². The van der Waals surface area contributed by atoms with Gasteiger partial charge >= 0.3 is 0 Å². The standard InChI is InChI=1S/C16H24N2OS/c1-11(2)16-17-14(10-20-16)7-15(19)18-8-12-4-3-5-13(6-12)9-18/h10-13H,3-9H2,1-2H3. The van der Waals surface area contributed by atoms with Gasteiger partial charge in [-0.3, -0.25) is 4.79 Å². The van der Waals surface area contributed by atoms with Gasteiger partial charge in [-0.2, -0.15) is 0 Å². The van der Waals surface area contributed by atoms with E-state index < -0.39 is 0 Å². The molecule has 1 saturated carbocycles. The van der Waals surface area contributed by atoms with E-state index in [1.807, 2.05) is 0 Å². The molecule has 2 fully saturated rings. The predicted molar refractivity (Wildman–Crippen MR) is 81.9 cm³/mol. The molecule has 4 heteroatoms. The summed E-state index contributed by atoms with van der Waals surface area (Å²) < 4.78 is 0. The maximum Gasteiger partial charge on any atom is 0.228 e. The van der Waals surface area contributed by atoms with Gasteiger partial charge in [0, 0.05) is 24.4 Å². The minimum Gasteiger partial charge on any atom is -0.342 e. The van der Waals surface area contributed by atoms with E-state index >= 15 is 0 Å². The number of hydrogen-bond donors (Lipinski definition) is 0. The van der Waals surface area contributed by atoms with E-state index in [4.69, 9.17) is 0 Å². The molecule has 0 radical (unpaired) electrons. The first-order valence-electron chi connectivity index (χ1n) is 7.84. The van der Waals surface area contributed by atoms with Crippen LogP contribution in [0.2, 0.25) is 0 Å². The van der Waals surface area contributed by atoms with Crippen molar-refractivity contribution in [3.05, 3.63) is 16.1 Å². The van der Waals surface area contributed by atoms with E-state index in [1.54, 1.807) is 11.3 Å². The second-order valence-corrected chi connectivity index (χ2v) is 7.60. The highest BCUT2D eigenvalue weighted by atomic mass is 32.1. The fourth-order valence-electron chi connectivity index (χ4n) is 3.57. The van der Waals surface area contributed by atoms with Gasteiger partial charge in [0.15, 0.2) is 0 Å². The molecule has 1 aromatic rings. The lowest BCUT2D eigenvalue weighted by molar-refractivity contribution is -0.134. The zero-order valence-electron chi connectivity index (χ0n) is 12.5. The smallest absolute Gasteiger partial charge is 0.228 e. The van der Waals surface area contributed by atoms with Crippen molar-refractivity contribution >= 4 is 17.2 Å². The summed E-state index contributed by atoms with van der Waals surface area (Å²) in [7, 11) is 0. The van der Waals surface area contributed by atoms with E-state index in [2.05, 4.69) is 29.1 Å². The Kier molecular flexibility index (Phi) is 4.11. The number of fused-ring (bicyclic) bond motifs is 2. The van der Waals surface area contributed by atoms with Gasteiger partial charge in [-0.25, -0.2) is 4.98 Å². The fraction of sp³-hybridized carbons (Fsp3) is 0.750. The summed E-state index contributed by atoms with van der Waals surface area (Å²) in [4.78, 5) is 19.2. The quantitative estimate of drug-likeness (QED) is 0.855. The van der Waals surface area contributed by atoms with Gasteiger partial charge < -0.3 is 4.90 Å². The Morgan fingerprint density at radius 3 is 2.70 bits per heavy atom. The molecule has 3 rings (SSSR count). The molecule has 1 amide bonds. The van der Waals surface area contributed by atoms with E-state index in [1.165, 1.54) is 25.7 Å². The van der Waals surface area contributed by atoms with Crippen molar-refractivity contribution in [1.82, 2.24) is 9.88 Å². The van der Waals surface area contributed by atoms with Crippen LogP contribution in [0.3, 0.4) is 0 Å². The number of nitrogens with zero attached hydrogens (tertiary/aromatic N) is 2. The summed E-state index contributed by atoms with van der Waals surface area (Å²) >= 11 is 1.68. The molecule has 0 N–H and O–H groups in total. The molecule has 2 heterocycles. The van der Waals surface area contributed by atoms with Crippen molar-refractivity contribution in [1.29, 1.82) is 0 Å². The van der Waals surface area contributed by atoms with Crippen LogP contribution >= 0.6 is 11.3 Å². The molecule has 2 aliphatic rings. The van der Waals surface area contributed by atoms with Crippen LogP contribution in [0, 0.1) is 11.8 Å². The summed E-state index contributed by atoms with van der Waals surface area (Å²) in [6, 6.07) is 0. The molecule has 2 unspecified atom stereocenters. The molecule has 1 aromatic heterocycles. The second kappa shape index (κ2) is 5.84. The van der Waals surface area contributed by atoms with Crippen LogP contribution in [0.25, 0.3) is 0 Å². The topological polar surface area (TPSA) is 33.2 Å². The zero-order valence-corrected chi connectivity index (χ0v) is 13.3. The van der Waals surface area contributed by atoms with Gasteiger partial charge in [0.05, 0.1) is 17.1 Å². The maximum absolute atomic E-state index is 12.5. The molecule has 1 aliphatic carbocycles. The average molecular weight is 292 g/mol. The summed E-state index contributed by atoms with van der Waals surface area (Å²) in [5, 5.41) is 3.20. The summed E-state index contributed by atoms with van der Waals surface area (Å²) in [5.41, 5.74) is 0.958. The predicted octanol–water partition coefficient (Wildman–Crippen LogP) is 3.46. The van der Waals surface area contributed by atoms with Crippen LogP contribution in [-0.2, 0) is 11.2 Å². The highest BCUT2D eigenvalue weighted by molar-refractivity contribution is 7.09. The van der Waals surface area contributed by atoms with E-state index in [0.29, 0.717) is 12.3 Å². The number of aromatic nitrogens is 1. The summed E-state index contributed by atoms with van der Waals surface area (Å²) in [6.45, 7) is 6.26. The molecule has 2 bridgehead atoms. The number of carbonyl (C=O) groups is 1. The number of rotatable bonds is 3. The molecule has 0 aromatic carbocycles. The van der Waals surface area contributed by atoms with Crippen LogP contribution in [0.1, 0.15) is 56.2 Å². The number of thiazole rings is 1. The summed E-state index contributed by atoms with van der Waals surface area (Å²) in [6.07, 6.45) is 5.82. The SMILES string of the molecule is CC(C)c1nc(CC(=O)N2CC3CCCC(C3)C2)cs1. The molecule has 1 aliphatic heterocycles. The van der Waals surface area contributed by atoms with Crippen molar-refractivity contribution in [2.24, 2.45) is 11.8 Å². The van der Waals surface area contributed by atoms with Crippen molar-refractivity contribution in [2.75, 3.05) is 13.1 Å². The monoisotopic (exact) mass is 292 g/mol. The molecule has 110 valence electrons. The van der Waals surface area contributed by atoms with E-state index in [9.17, 15) is 4.79 Å². The highest BCUT2D eigenvalue weighted by Crippen LogP contribution is 2.34. The van der Waals surface area contributed by atoms with Crippen LogP contribution in [0.4, 0.5) is 0 Å². The average Bonchev–Trinajstić information content (AvgIpc) is 2.87. The third-order valence-corrected chi connectivity index (χ3v) is 5.79. The first-order valence-corrected chi connectivity index (χ1v) is 8.72. The second-order valence-electron chi connectivity index (χ2n) is 6.71. The Balaban J connectivity index is 1.61. The van der Waals surface area contributed by atoms with Gasteiger partial charge in [0.1, 0.15) is 0 Å². The van der Waals surface area contributed by atoms with Crippen molar-refractivity contribution in [3.63, 3.8) is 0 Å². The third-order valence-electron chi connectivity index (χ3n) is 4.60. The Bertz CT molecular complexity index is 471. The Morgan fingerprint density at radius 2 is 2.10 bits per heavy atom. The van der Waals surface area contributed by atoms with Gasteiger partial charge in [0.2, 0.25) is 5.91 Å². The van der Waals surface area contributed by atoms with Crippen LogP contribution in [0.15, 0.2) is 5.38 Å². The lowest BCUT2D eigenvalue weighted by atomic mass is 9.78. The van der Waals surface area contributed by atoms with Crippen LogP contribution in [-0.4, -0.2) is 28.9 Å². The van der Waals surface area contributed by atoms with E-state index in [0.717, 1.165) is 35.6 Å². The van der Waals surface area contributed by atoms with Gasteiger partial charge in [-0.1, -0.05) is 20.3 Å². The Hall–Kier alpha value is -0.900. The number of likely N-dealkylation sites (tertiary alicyclic amines) is 1. The molecular formula is C16H24N2OS. The third kappa shape index (κ3) is 3.05. The first kappa shape index (κ1) is 14.1. The maximum atomic E-state index is 12.5. The van der Waals surface area contributed by atoms with Crippen molar-refractivity contribution in [2.45, 2.75) is 51.9 Å². The summed E-state index contributed by atoms with van der Waals surface area (Å²) in [5.74, 6) is 2.25. The molecule has 0 spiro atoms. The number of hydrogen-bond acceptors (Lipinski definition) is 3. The van der Waals surface area contributed by atoms with Crippen molar-refractivity contribution < 1.29 is 4.79 Å². The fourth-order valence-corrected chi connectivity index (χ4v) is 4.41.